The standard InChI is InChI=1S/2C7H13NO3.Zn/c2*9-7(10)1-2-8-3-5-11-6-4-8;/h2*1-6H2,(H,9,10);/q;;+2/p-2. The largest absolute Gasteiger partial charge is 2.00 e. The molecule has 2 heterocycles. The Morgan fingerprint density at radius 2 is 1.04 bits per heavy atom. The first kappa shape index (κ1) is 22.4. The number of morpholine rings is 2. The Labute approximate surface area is 149 Å². The van der Waals surface area contributed by atoms with Gasteiger partial charge < -0.3 is 29.3 Å². The van der Waals surface area contributed by atoms with Crippen LogP contribution in [0, 0.1) is 0 Å². The van der Waals surface area contributed by atoms with Crippen LogP contribution in [0.1, 0.15) is 12.8 Å². The van der Waals surface area contributed by atoms with Crippen LogP contribution in [-0.2, 0) is 38.5 Å². The maximum absolute atomic E-state index is 10.1. The van der Waals surface area contributed by atoms with E-state index in [0.717, 1.165) is 26.2 Å². The van der Waals surface area contributed by atoms with Crippen molar-refractivity contribution in [2.24, 2.45) is 0 Å². The van der Waals surface area contributed by atoms with E-state index >= 15 is 0 Å². The smallest absolute Gasteiger partial charge is 0.550 e. The minimum Gasteiger partial charge on any atom is -0.550 e. The average Bonchev–Trinajstić information content (AvgIpc) is 2.53. The summed E-state index contributed by atoms with van der Waals surface area (Å²) in [5.74, 6) is -1.95. The van der Waals surface area contributed by atoms with E-state index in [2.05, 4.69) is 9.80 Å². The first-order valence-corrected chi connectivity index (χ1v) is 7.58. The molecule has 128 valence electrons. The number of nitrogens with zero attached hydrogens (tertiary/aromatic N) is 2. The number of carbonyl (C=O) groups is 2. The quantitative estimate of drug-likeness (QED) is 0.446. The van der Waals surface area contributed by atoms with E-state index in [1.165, 1.54) is 0 Å². The third-order valence-corrected chi connectivity index (χ3v) is 3.47. The van der Waals surface area contributed by atoms with Gasteiger partial charge in [0.05, 0.1) is 26.4 Å². The molecule has 0 aromatic heterocycles. The third-order valence-electron chi connectivity index (χ3n) is 3.47. The molecule has 2 fully saturated rings. The summed E-state index contributed by atoms with van der Waals surface area (Å²) < 4.78 is 10.2. The SMILES string of the molecule is O=C([O-])CCN1CCOCC1.O=C([O-])CCN1CCOCC1.[Zn+2]. The number of rotatable bonds is 6. The van der Waals surface area contributed by atoms with Crippen molar-refractivity contribution in [2.75, 3.05) is 65.7 Å². The monoisotopic (exact) mass is 380 g/mol. The van der Waals surface area contributed by atoms with Crippen LogP contribution in [0.25, 0.3) is 0 Å². The molecular weight excluding hydrogens is 358 g/mol. The van der Waals surface area contributed by atoms with Gasteiger partial charge in [0.1, 0.15) is 0 Å². The Morgan fingerprint density at radius 3 is 1.30 bits per heavy atom. The van der Waals surface area contributed by atoms with Crippen LogP contribution in [0.2, 0.25) is 0 Å². The molecule has 0 aromatic carbocycles. The summed E-state index contributed by atoms with van der Waals surface area (Å²) in [5.41, 5.74) is 0. The molecule has 2 saturated heterocycles. The van der Waals surface area contributed by atoms with Crippen molar-refractivity contribution < 1.29 is 48.8 Å². The topological polar surface area (TPSA) is 105 Å². The fraction of sp³-hybridized carbons (Fsp3) is 0.857. The van der Waals surface area contributed by atoms with E-state index in [4.69, 9.17) is 9.47 Å². The van der Waals surface area contributed by atoms with Crippen molar-refractivity contribution in [3.63, 3.8) is 0 Å². The minimum absolute atomic E-state index is 0. The molecule has 0 amide bonds. The Morgan fingerprint density at radius 1 is 0.739 bits per heavy atom. The van der Waals surface area contributed by atoms with Gasteiger partial charge in [-0.2, -0.15) is 0 Å². The zero-order valence-corrected chi connectivity index (χ0v) is 16.5. The number of carboxylic acid groups (broad SMARTS) is 2. The van der Waals surface area contributed by atoms with E-state index < -0.39 is 11.9 Å². The van der Waals surface area contributed by atoms with Crippen molar-refractivity contribution in [2.45, 2.75) is 12.8 Å². The zero-order chi connectivity index (χ0) is 16.2. The molecule has 0 spiro atoms. The van der Waals surface area contributed by atoms with E-state index in [0.29, 0.717) is 39.5 Å². The molecule has 0 aliphatic carbocycles. The summed E-state index contributed by atoms with van der Waals surface area (Å²) in [6, 6.07) is 0. The predicted molar refractivity (Wildman–Crippen MR) is 73.8 cm³/mol. The van der Waals surface area contributed by atoms with Crippen molar-refractivity contribution in [1.29, 1.82) is 0 Å². The van der Waals surface area contributed by atoms with Gasteiger partial charge in [-0.25, -0.2) is 0 Å². The van der Waals surface area contributed by atoms with Crippen molar-refractivity contribution in [1.82, 2.24) is 9.80 Å². The Kier molecular flexibility index (Phi) is 13.4. The molecule has 0 N–H and O–H groups in total. The fourth-order valence-corrected chi connectivity index (χ4v) is 2.15. The molecule has 0 radical (unpaired) electrons. The third kappa shape index (κ3) is 12.5. The molecule has 0 aromatic rings. The van der Waals surface area contributed by atoms with E-state index in [-0.39, 0.29) is 32.3 Å². The number of hydrogen-bond donors (Lipinski definition) is 0. The first-order valence-electron chi connectivity index (χ1n) is 7.58. The van der Waals surface area contributed by atoms with E-state index in [1.54, 1.807) is 0 Å². The number of carbonyl (C=O) groups excluding carboxylic acids is 2. The van der Waals surface area contributed by atoms with Crippen LogP contribution < -0.4 is 10.2 Å². The minimum atomic E-state index is -0.975. The van der Waals surface area contributed by atoms with E-state index in [9.17, 15) is 19.8 Å². The molecule has 0 saturated carbocycles. The summed E-state index contributed by atoms with van der Waals surface area (Å²) in [5, 5.41) is 20.1. The van der Waals surface area contributed by atoms with Gasteiger partial charge in [-0.15, -0.1) is 0 Å². The Hall–Kier alpha value is -0.597. The van der Waals surface area contributed by atoms with Crippen LogP contribution >= 0.6 is 0 Å². The maximum atomic E-state index is 10.1. The average molecular weight is 382 g/mol. The normalized spacial score (nSPS) is 19.1. The second-order valence-corrected chi connectivity index (χ2v) is 5.15. The molecule has 0 bridgehead atoms. The summed E-state index contributed by atoms with van der Waals surface area (Å²) in [6.07, 6.45) is 0.250. The zero-order valence-electron chi connectivity index (χ0n) is 13.5. The number of ether oxygens (including phenoxy) is 2. The molecule has 0 unspecified atom stereocenters. The van der Waals surface area contributed by atoms with Crippen LogP contribution in [0.4, 0.5) is 0 Å². The number of hydrogen-bond acceptors (Lipinski definition) is 8. The number of carboxylic acids is 2. The fourth-order valence-electron chi connectivity index (χ4n) is 2.15. The summed E-state index contributed by atoms with van der Waals surface area (Å²) in [4.78, 5) is 24.3. The van der Waals surface area contributed by atoms with Gasteiger partial charge in [-0.05, 0) is 12.8 Å². The molecule has 2 aliphatic rings. The van der Waals surface area contributed by atoms with Crippen molar-refractivity contribution in [3.05, 3.63) is 0 Å². The van der Waals surface area contributed by atoms with Crippen LogP contribution in [0.15, 0.2) is 0 Å². The second-order valence-electron chi connectivity index (χ2n) is 5.15. The van der Waals surface area contributed by atoms with Crippen LogP contribution in [0.3, 0.4) is 0 Å². The summed E-state index contributed by atoms with van der Waals surface area (Å²) in [6.45, 7) is 7.40. The van der Waals surface area contributed by atoms with E-state index in [1.807, 2.05) is 0 Å². The second kappa shape index (κ2) is 13.8. The van der Waals surface area contributed by atoms with Gasteiger partial charge >= 0.3 is 19.5 Å². The maximum Gasteiger partial charge on any atom is 2.00 e. The molecular formula is C14H24N2O6Zn. The molecule has 23 heavy (non-hydrogen) atoms. The molecule has 0 atom stereocenters. The Balaban J connectivity index is 0.000000403. The molecule has 8 nitrogen and oxygen atoms in total. The van der Waals surface area contributed by atoms with Gasteiger partial charge in [0.15, 0.2) is 0 Å². The van der Waals surface area contributed by atoms with Gasteiger partial charge in [0.25, 0.3) is 0 Å². The number of aliphatic carboxylic acids is 2. The summed E-state index contributed by atoms with van der Waals surface area (Å²) >= 11 is 0. The van der Waals surface area contributed by atoms with Gasteiger partial charge in [-0.1, -0.05) is 0 Å². The summed E-state index contributed by atoms with van der Waals surface area (Å²) in [7, 11) is 0. The van der Waals surface area contributed by atoms with Crippen molar-refractivity contribution >= 4 is 11.9 Å². The predicted octanol–water partition coefficient (Wildman–Crippen LogP) is -3.09. The first-order chi connectivity index (χ1) is 10.6. The van der Waals surface area contributed by atoms with Crippen LogP contribution in [-0.4, -0.2) is 87.4 Å². The molecule has 2 rings (SSSR count). The van der Waals surface area contributed by atoms with Crippen LogP contribution in [0.5, 0.6) is 0 Å². The van der Waals surface area contributed by atoms with Gasteiger partial charge in [0, 0.05) is 51.2 Å². The Bertz CT molecular complexity index is 301. The molecule has 2 aliphatic heterocycles. The van der Waals surface area contributed by atoms with Gasteiger partial charge in [-0.3, -0.25) is 9.80 Å². The van der Waals surface area contributed by atoms with Gasteiger partial charge in [0.2, 0.25) is 0 Å². The molecule has 9 heteroatoms. The van der Waals surface area contributed by atoms with Crippen molar-refractivity contribution in [3.8, 4) is 0 Å².